The number of nitrogens with two attached hydrogens (primary N) is 1. The van der Waals surface area contributed by atoms with Crippen LogP contribution in [0.2, 0.25) is 5.02 Å². The molecule has 3 rings (SSSR count). The summed E-state index contributed by atoms with van der Waals surface area (Å²) in [4.78, 5) is 2.46. The van der Waals surface area contributed by atoms with Crippen LogP contribution in [0.4, 0.5) is 0 Å². The minimum absolute atomic E-state index is 0.156. The van der Waals surface area contributed by atoms with Gasteiger partial charge in [-0.15, -0.1) is 0 Å². The van der Waals surface area contributed by atoms with E-state index >= 15 is 0 Å². The van der Waals surface area contributed by atoms with Crippen LogP contribution in [-0.4, -0.2) is 0 Å². The van der Waals surface area contributed by atoms with E-state index in [9.17, 15) is 0 Å². The van der Waals surface area contributed by atoms with Gasteiger partial charge in [-0.1, -0.05) is 54.4 Å². The summed E-state index contributed by atoms with van der Waals surface area (Å²) in [7, 11) is 0. The summed E-state index contributed by atoms with van der Waals surface area (Å²) < 4.78 is 0. The van der Waals surface area contributed by atoms with Crippen LogP contribution < -0.4 is 5.73 Å². The van der Waals surface area contributed by atoms with Crippen molar-refractivity contribution in [1.29, 1.82) is 0 Å². The first-order chi connectivity index (χ1) is 10.2. The Labute approximate surface area is 135 Å². The highest BCUT2D eigenvalue weighted by Gasteiger charge is 2.24. The van der Waals surface area contributed by atoms with E-state index < -0.39 is 0 Å². The van der Waals surface area contributed by atoms with Crippen LogP contribution >= 0.6 is 23.4 Å². The molecule has 21 heavy (non-hydrogen) atoms. The fourth-order valence-electron chi connectivity index (χ4n) is 3.05. The Morgan fingerprint density at radius 2 is 1.67 bits per heavy atom. The summed E-state index contributed by atoms with van der Waals surface area (Å²) in [6.45, 7) is 0. The monoisotopic (exact) mass is 317 g/mol. The normalized spacial score (nSPS) is 17.0. The van der Waals surface area contributed by atoms with Crippen LogP contribution in [0, 0.1) is 5.92 Å². The third-order valence-corrected chi connectivity index (χ3v) is 5.58. The summed E-state index contributed by atoms with van der Waals surface area (Å²) >= 11 is 7.72. The number of hydrogen-bond acceptors (Lipinski definition) is 2. The molecule has 0 aromatic heterocycles. The molecule has 0 aliphatic heterocycles. The number of hydrogen-bond donors (Lipinski definition) is 1. The third-order valence-electron chi connectivity index (χ3n) is 4.23. The first-order valence-electron chi connectivity index (χ1n) is 7.52. The summed E-state index contributed by atoms with van der Waals surface area (Å²) in [5, 5.41) is 0.773. The fourth-order valence-corrected chi connectivity index (χ4v) is 4.17. The minimum atomic E-state index is 0.156. The van der Waals surface area contributed by atoms with Gasteiger partial charge in [0.1, 0.15) is 0 Å². The Morgan fingerprint density at radius 1 is 1.00 bits per heavy atom. The van der Waals surface area contributed by atoms with Crippen LogP contribution in [0.15, 0.2) is 58.3 Å². The molecule has 0 saturated heterocycles. The molecule has 1 saturated carbocycles. The quantitative estimate of drug-likeness (QED) is 0.785. The van der Waals surface area contributed by atoms with Crippen molar-refractivity contribution >= 4 is 23.4 Å². The Morgan fingerprint density at radius 3 is 2.38 bits per heavy atom. The van der Waals surface area contributed by atoms with Crippen molar-refractivity contribution in [3.05, 3.63) is 59.1 Å². The standard InChI is InChI=1S/C18H20ClNS/c19-14-9-11-15(12-10-14)21-17-8-4-3-7-16(17)18(20)13-5-1-2-6-13/h3-4,7-13,18H,1-2,5-6,20H2/t18-/m1/s1. The van der Waals surface area contributed by atoms with Crippen LogP contribution in [0.3, 0.4) is 0 Å². The van der Waals surface area contributed by atoms with Crippen LogP contribution in [0.1, 0.15) is 37.3 Å². The highest BCUT2D eigenvalue weighted by Crippen LogP contribution is 2.39. The first kappa shape index (κ1) is 15.0. The lowest BCUT2D eigenvalue weighted by molar-refractivity contribution is 0.440. The molecule has 0 spiro atoms. The van der Waals surface area contributed by atoms with Crippen molar-refractivity contribution in [2.24, 2.45) is 11.7 Å². The van der Waals surface area contributed by atoms with E-state index in [4.69, 9.17) is 17.3 Å². The zero-order chi connectivity index (χ0) is 14.7. The molecule has 2 N–H and O–H groups in total. The van der Waals surface area contributed by atoms with Gasteiger partial charge in [0.15, 0.2) is 0 Å². The highest BCUT2D eigenvalue weighted by molar-refractivity contribution is 7.99. The largest absolute Gasteiger partial charge is 0.324 e. The van der Waals surface area contributed by atoms with Gasteiger partial charge in [0, 0.05) is 20.9 Å². The number of rotatable bonds is 4. The molecule has 1 atom stereocenters. The molecule has 0 heterocycles. The zero-order valence-corrected chi connectivity index (χ0v) is 13.5. The summed E-state index contributed by atoms with van der Waals surface area (Å²) in [5.41, 5.74) is 7.83. The van der Waals surface area contributed by atoms with E-state index in [1.54, 1.807) is 11.8 Å². The van der Waals surface area contributed by atoms with Crippen LogP contribution in [-0.2, 0) is 0 Å². The smallest absolute Gasteiger partial charge is 0.0406 e. The first-order valence-corrected chi connectivity index (χ1v) is 8.71. The second-order valence-electron chi connectivity index (χ2n) is 5.66. The molecule has 3 heteroatoms. The third kappa shape index (κ3) is 3.63. The molecule has 0 radical (unpaired) electrons. The molecule has 1 fully saturated rings. The highest BCUT2D eigenvalue weighted by atomic mass is 35.5. The SMILES string of the molecule is N[C@@H](c1ccccc1Sc1ccc(Cl)cc1)C1CCCC1. The maximum absolute atomic E-state index is 6.54. The fraction of sp³-hybridized carbons (Fsp3) is 0.333. The van der Waals surface area contributed by atoms with E-state index in [2.05, 4.69) is 36.4 Å². The predicted molar refractivity (Wildman–Crippen MR) is 90.9 cm³/mol. The van der Waals surface area contributed by atoms with E-state index in [1.807, 2.05) is 12.1 Å². The molecule has 0 bridgehead atoms. The second-order valence-corrected chi connectivity index (χ2v) is 7.22. The van der Waals surface area contributed by atoms with Crippen LogP contribution in [0.5, 0.6) is 0 Å². The minimum Gasteiger partial charge on any atom is -0.324 e. The molecule has 1 aliphatic carbocycles. The Bertz CT molecular complexity index is 590. The predicted octanol–water partition coefficient (Wildman–Crippen LogP) is 5.68. The van der Waals surface area contributed by atoms with Gasteiger partial charge in [0.2, 0.25) is 0 Å². The molecule has 0 amide bonds. The zero-order valence-electron chi connectivity index (χ0n) is 12.0. The lowest BCUT2D eigenvalue weighted by atomic mass is 9.92. The van der Waals surface area contributed by atoms with Crippen molar-refractivity contribution in [3.63, 3.8) is 0 Å². The van der Waals surface area contributed by atoms with Crippen LogP contribution in [0.25, 0.3) is 0 Å². The number of halogens is 1. The van der Waals surface area contributed by atoms with Gasteiger partial charge in [-0.25, -0.2) is 0 Å². The van der Waals surface area contributed by atoms with E-state index in [0.717, 1.165) is 5.02 Å². The van der Waals surface area contributed by atoms with Crippen molar-refractivity contribution in [2.45, 2.75) is 41.5 Å². The van der Waals surface area contributed by atoms with Gasteiger partial charge in [0.25, 0.3) is 0 Å². The summed E-state index contributed by atoms with van der Waals surface area (Å²) in [6, 6.07) is 16.7. The van der Waals surface area contributed by atoms with Crippen molar-refractivity contribution in [1.82, 2.24) is 0 Å². The maximum Gasteiger partial charge on any atom is 0.0406 e. The molecule has 110 valence electrons. The summed E-state index contributed by atoms with van der Waals surface area (Å²) in [5.74, 6) is 0.636. The molecule has 1 aliphatic rings. The average Bonchev–Trinajstić information content (AvgIpc) is 3.04. The second kappa shape index (κ2) is 6.87. The van der Waals surface area contributed by atoms with Gasteiger partial charge in [-0.3, -0.25) is 0 Å². The maximum atomic E-state index is 6.54. The molecule has 2 aromatic carbocycles. The lowest BCUT2D eigenvalue weighted by Crippen LogP contribution is -2.19. The van der Waals surface area contributed by atoms with Gasteiger partial charge >= 0.3 is 0 Å². The molecule has 1 nitrogen and oxygen atoms in total. The average molecular weight is 318 g/mol. The van der Waals surface area contributed by atoms with E-state index in [-0.39, 0.29) is 6.04 Å². The molecule has 0 unspecified atom stereocenters. The van der Waals surface area contributed by atoms with Gasteiger partial charge in [-0.05, 0) is 54.7 Å². The Balaban J connectivity index is 1.83. The molecule has 2 aromatic rings. The molecular weight excluding hydrogens is 298 g/mol. The topological polar surface area (TPSA) is 26.0 Å². The van der Waals surface area contributed by atoms with Gasteiger partial charge in [0.05, 0.1) is 0 Å². The Hall–Kier alpha value is -0.960. The Kier molecular flexibility index (Phi) is 4.89. The van der Waals surface area contributed by atoms with Gasteiger partial charge in [-0.2, -0.15) is 0 Å². The van der Waals surface area contributed by atoms with E-state index in [1.165, 1.54) is 41.0 Å². The summed E-state index contributed by atoms with van der Waals surface area (Å²) in [6.07, 6.45) is 5.18. The van der Waals surface area contributed by atoms with Crippen molar-refractivity contribution < 1.29 is 0 Å². The van der Waals surface area contributed by atoms with Crippen molar-refractivity contribution in [2.75, 3.05) is 0 Å². The van der Waals surface area contributed by atoms with Gasteiger partial charge < -0.3 is 5.73 Å². The van der Waals surface area contributed by atoms with E-state index in [0.29, 0.717) is 5.92 Å². The van der Waals surface area contributed by atoms with Crippen molar-refractivity contribution in [3.8, 4) is 0 Å². The number of benzene rings is 2. The lowest BCUT2D eigenvalue weighted by Gasteiger charge is -2.21. The molecular formula is C18H20ClNS.